The van der Waals surface area contributed by atoms with E-state index in [-0.39, 0.29) is 0 Å². The standard InChI is InChI=1S/C60H36N4S/c1-2-15-38-31-55-48(30-37(38)14-1)45-26-25-39-32-54(45)63(55)56-33-49-47-27-24-36-13-4-6-18-42(36)59(47)65-57(49)34-50(56)51-29-28-41(39)58(46-21-11-16-35-12-3-5-17-40(35)46)62-60(61-51)64-52-22-9-7-19-43(52)44-20-8-10-23-53(44)64/h1-27,30-34H,28-29H2. The van der Waals surface area contributed by atoms with E-state index in [0.29, 0.717) is 5.96 Å². The summed E-state index contributed by atoms with van der Waals surface area (Å²) >= 11 is 1.89. The molecule has 2 aliphatic rings. The van der Waals surface area contributed by atoms with Crippen LogP contribution < -0.4 is 0 Å². The molecule has 4 nitrogen and oxygen atoms in total. The summed E-state index contributed by atoms with van der Waals surface area (Å²) in [5.41, 5.74) is 12.3. The van der Waals surface area contributed by atoms with Crippen LogP contribution in [0, 0.1) is 0 Å². The molecule has 0 saturated carbocycles. The van der Waals surface area contributed by atoms with Gasteiger partial charge in [0, 0.05) is 52.8 Å². The van der Waals surface area contributed by atoms with Crippen molar-refractivity contribution < 1.29 is 0 Å². The van der Waals surface area contributed by atoms with Gasteiger partial charge in [-0.15, -0.1) is 11.3 Å². The number of hydrogen-bond acceptors (Lipinski definition) is 3. The predicted molar refractivity (Wildman–Crippen MR) is 277 cm³/mol. The molecule has 0 saturated heterocycles. The van der Waals surface area contributed by atoms with Crippen LogP contribution in [0.3, 0.4) is 0 Å². The highest BCUT2D eigenvalue weighted by molar-refractivity contribution is 7.26. The van der Waals surface area contributed by atoms with Crippen molar-refractivity contribution in [1.29, 1.82) is 0 Å². The lowest BCUT2D eigenvalue weighted by Crippen LogP contribution is -2.18. The highest BCUT2D eigenvalue weighted by Crippen LogP contribution is 2.46. The maximum atomic E-state index is 5.92. The molecule has 4 bridgehead atoms. The van der Waals surface area contributed by atoms with Crippen LogP contribution >= 0.6 is 11.3 Å². The van der Waals surface area contributed by atoms with Gasteiger partial charge in [-0.1, -0.05) is 152 Å². The molecule has 302 valence electrons. The Labute approximate surface area is 376 Å². The highest BCUT2D eigenvalue weighted by atomic mass is 32.1. The van der Waals surface area contributed by atoms with Crippen molar-refractivity contribution in [2.75, 3.05) is 0 Å². The minimum Gasteiger partial charge on any atom is -0.309 e. The number of aromatic nitrogens is 2. The Kier molecular flexibility index (Phi) is 7.18. The van der Waals surface area contributed by atoms with E-state index in [1.54, 1.807) is 0 Å². The molecule has 2 aliphatic heterocycles. The number of hydrogen-bond donors (Lipinski definition) is 0. The fourth-order valence-electron chi connectivity index (χ4n) is 11.2. The first-order valence-corrected chi connectivity index (χ1v) is 23.3. The number of fused-ring (bicyclic) bond motifs is 21. The second-order valence-electron chi connectivity index (χ2n) is 17.6. The summed E-state index contributed by atoms with van der Waals surface area (Å²) in [5, 5.41) is 14.8. The molecule has 5 heteroatoms. The van der Waals surface area contributed by atoms with Crippen LogP contribution in [0.4, 0.5) is 0 Å². The van der Waals surface area contributed by atoms with Crippen LogP contribution in [0.5, 0.6) is 0 Å². The third-order valence-electron chi connectivity index (χ3n) is 14.2. The van der Waals surface area contributed by atoms with Gasteiger partial charge in [0.05, 0.1) is 39.2 Å². The zero-order valence-corrected chi connectivity index (χ0v) is 35.9. The quantitative estimate of drug-likeness (QED) is 0.158. The zero-order chi connectivity index (χ0) is 42.3. The summed E-state index contributed by atoms with van der Waals surface area (Å²) in [7, 11) is 0. The molecule has 5 heterocycles. The fraction of sp³-hybridized carbons (Fsp3) is 0.0333. The van der Waals surface area contributed by atoms with Gasteiger partial charge in [0.2, 0.25) is 5.96 Å². The number of aliphatic imine (C=N–C) groups is 2. The number of benzene rings is 10. The number of rotatable bonds is 1. The molecular weight excluding hydrogens is 809 g/mol. The Morgan fingerprint density at radius 2 is 1.02 bits per heavy atom. The summed E-state index contributed by atoms with van der Waals surface area (Å²) in [6.45, 7) is 0. The lowest BCUT2D eigenvalue weighted by molar-refractivity contribution is 1.08. The van der Waals surface area contributed by atoms with Crippen molar-refractivity contribution in [3.63, 3.8) is 0 Å². The smallest absolute Gasteiger partial charge is 0.235 e. The van der Waals surface area contributed by atoms with Crippen LogP contribution in [0.15, 0.2) is 204 Å². The van der Waals surface area contributed by atoms with Gasteiger partial charge in [0.25, 0.3) is 0 Å². The average Bonchev–Trinajstić information content (AvgIpc) is 4.00. The maximum absolute atomic E-state index is 5.92. The predicted octanol–water partition coefficient (Wildman–Crippen LogP) is 16.1. The van der Waals surface area contributed by atoms with Crippen LogP contribution in [0.2, 0.25) is 0 Å². The first-order chi connectivity index (χ1) is 32.2. The van der Waals surface area contributed by atoms with Gasteiger partial charge in [0.15, 0.2) is 0 Å². The molecule has 65 heavy (non-hydrogen) atoms. The van der Waals surface area contributed by atoms with Crippen molar-refractivity contribution in [2.45, 2.75) is 12.8 Å². The molecule has 0 unspecified atom stereocenters. The van der Waals surface area contributed by atoms with E-state index >= 15 is 0 Å². The summed E-state index contributed by atoms with van der Waals surface area (Å²) < 4.78 is 7.43. The van der Waals surface area contributed by atoms with E-state index < -0.39 is 0 Å². The minimum atomic E-state index is 0.663. The molecule has 0 aliphatic carbocycles. The number of para-hydroxylation sites is 2. The lowest BCUT2D eigenvalue weighted by atomic mass is 9.89. The Morgan fingerprint density at radius 3 is 1.82 bits per heavy atom. The van der Waals surface area contributed by atoms with E-state index in [9.17, 15) is 0 Å². The van der Waals surface area contributed by atoms with Crippen LogP contribution in [-0.4, -0.2) is 20.8 Å². The van der Waals surface area contributed by atoms with Crippen LogP contribution in [-0.2, 0) is 0 Å². The summed E-state index contributed by atoms with van der Waals surface area (Å²) in [4.78, 5) is 11.8. The molecule has 0 radical (unpaired) electrons. The van der Waals surface area contributed by atoms with Gasteiger partial charge in [0.1, 0.15) is 0 Å². The molecule has 0 N–H and O–H groups in total. The zero-order valence-electron chi connectivity index (χ0n) is 35.1. The third-order valence-corrected chi connectivity index (χ3v) is 15.4. The van der Waals surface area contributed by atoms with E-state index in [0.717, 1.165) is 52.1 Å². The molecule has 13 aromatic rings. The Bertz CT molecular complexity index is 4300. The number of thiophene rings is 1. The van der Waals surface area contributed by atoms with Crippen LogP contribution in [0.1, 0.15) is 29.5 Å². The summed E-state index contributed by atoms with van der Waals surface area (Å²) in [5.74, 6) is 0.663. The molecule has 15 rings (SSSR count). The monoisotopic (exact) mass is 844 g/mol. The van der Waals surface area contributed by atoms with Crippen molar-refractivity contribution >= 4 is 130 Å². The van der Waals surface area contributed by atoms with Gasteiger partial charge in [-0.2, -0.15) is 0 Å². The van der Waals surface area contributed by atoms with Crippen LogP contribution in [0.25, 0.3) is 113 Å². The molecule has 3 aromatic heterocycles. The Morgan fingerprint density at radius 1 is 0.385 bits per heavy atom. The first kappa shape index (κ1) is 35.4. The number of allylic oxidation sites excluding steroid dienone is 1. The molecule has 0 amide bonds. The molecule has 0 atom stereocenters. The average molecular weight is 845 g/mol. The van der Waals surface area contributed by atoms with Gasteiger partial charge >= 0.3 is 0 Å². The normalized spacial score (nSPS) is 14.2. The first-order valence-electron chi connectivity index (χ1n) is 22.4. The molecular formula is C60H36N4S. The van der Waals surface area contributed by atoms with Crippen molar-refractivity contribution in [2.24, 2.45) is 9.98 Å². The molecule has 0 fully saturated rings. The second kappa shape index (κ2) is 13.2. The van der Waals surface area contributed by atoms with Gasteiger partial charge in [-0.3, -0.25) is 4.57 Å². The molecule has 10 aromatic carbocycles. The topological polar surface area (TPSA) is 34.6 Å². The van der Waals surface area contributed by atoms with Gasteiger partial charge in [-0.25, -0.2) is 9.98 Å². The fourth-order valence-corrected chi connectivity index (χ4v) is 12.5. The molecule has 0 spiro atoms. The SMILES string of the molecule is c1ccc2cc3c(cc2c1)c1ccc2cc1n3-c1cc3c(cc1C1=NC(n4c5ccccc5c5ccccc54)=NC(c4cccc5ccccc45)=C2CC1)sc1c2ccccc2ccc31. The van der Waals surface area contributed by atoms with Gasteiger partial charge in [-0.05, 0) is 98.8 Å². The number of nitrogens with zero attached hydrogens (tertiary/aromatic N) is 4. The lowest BCUT2D eigenvalue weighted by Gasteiger charge is -2.23. The van der Waals surface area contributed by atoms with E-state index in [1.165, 1.54) is 96.2 Å². The van der Waals surface area contributed by atoms with E-state index in [2.05, 4.69) is 203 Å². The van der Waals surface area contributed by atoms with Crippen molar-refractivity contribution in [1.82, 2.24) is 9.13 Å². The summed E-state index contributed by atoms with van der Waals surface area (Å²) in [6.07, 6.45) is 1.49. The highest BCUT2D eigenvalue weighted by Gasteiger charge is 2.28. The van der Waals surface area contributed by atoms with Crippen molar-refractivity contribution in [3.05, 3.63) is 211 Å². The Hall–Kier alpha value is -8.12. The maximum Gasteiger partial charge on any atom is 0.235 e. The van der Waals surface area contributed by atoms with E-state index in [1.807, 2.05) is 11.3 Å². The van der Waals surface area contributed by atoms with E-state index in [4.69, 9.17) is 9.98 Å². The Balaban J connectivity index is 1.14. The summed E-state index contributed by atoms with van der Waals surface area (Å²) in [6, 6.07) is 71.8. The largest absolute Gasteiger partial charge is 0.309 e. The third kappa shape index (κ3) is 5.01. The van der Waals surface area contributed by atoms with Gasteiger partial charge < -0.3 is 4.57 Å². The van der Waals surface area contributed by atoms with Crippen molar-refractivity contribution in [3.8, 4) is 5.69 Å². The minimum absolute atomic E-state index is 0.663. The second-order valence-corrected chi connectivity index (χ2v) is 18.7.